The molecule has 2 N–H and O–H groups in total. The summed E-state index contributed by atoms with van der Waals surface area (Å²) in [6, 6.07) is -0.514. The molecule has 0 saturated carbocycles. The van der Waals surface area contributed by atoms with Crippen molar-refractivity contribution in [3.05, 3.63) is 11.7 Å². The Kier molecular flexibility index (Phi) is 4.36. The Hall–Kier alpha value is -1.63. The summed E-state index contributed by atoms with van der Waals surface area (Å²) in [7, 11) is 0. The number of nitrogens with one attached hydrogen (secondary N) is 1. The highest BCUT2D eigenvalue weighted by Crippen LogP contribution is 2.19. The van der Waals surface area contributed by atoms with E-state index in [1.807, 2.05) is 6.92 Å². The number of aliphatic hydroxyl groups excluding tert-OH is 1. The molecule has 0 aliphatic carbocycles. The molecule has 7 heteroatoms. The summed E-state index contributed by atoms with van der Waals surface area (Å²) >= 11 is 0. The Balaban J connectivity index is 2.00. The van der Waals surface area contributed by atoms with Crippen LogP contribution in [0.25, 0.3) is 0 Å². The van der Waals surface area contributed by atoms with E-state index in [0.717, 1.165) is 12.8 Å². The molecule has 0 radical (unpaired) electrons. The Morgan fingerprint density at radius 3 is 3.05 bits per heavy atom. The van der Waals surface area contributed by atoms with E-state index in [0.29, 0.717) is 24.7 Å². The molecule has 2 rings (SSSR count). The first-order chi connectivity index (χ1) is 9.15. The fourth-order valence-corrected chi connectivity index (χ4v) is 2.33. The van der Waals surface area contributed by atoms with E-state index in [1.165, 1.54) is 0 Å². The summed E-state index contributed by atoms with van der Waals surface area (Å²) in [6.45, 7) is 4.35. The van der Waals surface area contributed by atoms with Gasteiger partial charge in [-0.25, -0.2) is 4.79 Å². The monoisotopic (exact) mass is 268 g/mol. The quantitative estimate of drug-likeness (QED) is 0.849. The predicted molar refractivity (Wildman–Crippen MR) is 67.4 cm³/mol. The first kappa shape index (κ1) is 13.8. The number of aliphatic hydroxyl groups is 1. The number of aromatic nitrogens is 2. The molecule has 2 atom stereocenters. The van der Waals surface area contributed by atoms with Gasteiger partial charge in [-0.1, -0.05) is 12.1 Å². The normalized spacial score (nSPS) is 20.6. The third kappa shape index (κ3) is 3.04. The highest BCUT2D eigenvalue weighted by atomic mass is 16.5. The molecule has 7 nitrogen and oxygen atoms in total. The predicted octanol–water partition coefficient (Wildman–Crippen LogP) is 0.995. The minimum absolute atomic E-state index is 0.00549. The fraction of sp³-hybridized carbons (Fsp3) is 0.750. The molecule has 1 saturated heterocycles. The lowest BCUT2D eigenvalue weighted by Gasteiger charge is -2.25. The van der Waals surface area contributed by atoms with Crippen LogP contribution in [0.5, 0.6) is 0 Å². The molecule has 1 aromatic heterocycles. The molecular weight excluding hydrogens is 248 g/mol. The van der Waals surface area contributed by atoms with E-state index >= 15 is 0 Å². The topological polar surface area (TPSA) is 91.5 Å². The second kappa shape index (κ2) is 6.01. The van der Waals surface area contributed by atoms with Crippen molar-refractivity contribution < 1.29 is 14.4 Å². The SMILES string of the molecule is CCC(NC(=O)N1CCCC1CO)c1noc(C)n1. The lowest BCUT2D eigenvalue weighted by molar-refractivity contribution is 0.154. The highest BCUT2D eigenvalue weighted by molar-refractivity contribution is 5.75. The van der Waals surface area contributed by atoms with Crippen LogP contribution in [-0.2, 0) is 0 Å². The number of amides is 2. The molecule has 1 aromatic rings. The maximum atomic E-state index is 12.2. The summed E-state index contributed by atoms with van der Waals surface area (Å²) in [5.41, 5.74) is 0. The van der Waals surface area contributed by atoms with E-state index in [1.54, 1.807) is 11.8 Å². The average molecular weight is 268 g/mol. The third-order valence-corrected chi connectivity index (χ3v) is 3.41. The third-order valence-electron chi connectivity index (χ3n) is 3.41. The van der Waals surface area contributed by atoms with Crippen LogP contribution in [0.2, 0.25) is 0 Å². The number of hydrogen-bond donors (Lipinski definition) is 2. The first-order valence-electron chi connectivity index (χ1n) is 6.64. The Morgan fingerprint density at radius 1 is 1.68 bits per heavy atom. The van der Waals surface area contributed by atoms with Gasteiger partial charge in [0.25, 0.3) is 0 Å². The molecular formula is C12H20N4O3. The van der Waals surface area contributed by atoms with Crippen molar-refractivity contribution in [2.75, 3.05) is 13.2 Å². The van der Waals surface area contributed by atoms with Crippen LogP contribution < -0.4 is 5.32 Å². The van der Waals surface area contributed by atoms with Gasteiger partial charge >= 0.3 is 6.03 Å². The molecule has 0 aromatic carbocycles. The molecule has 1 aliphatic heterocycles. The smallest absolute Gasteiger partial charge is 0.318 e. The maximum absolute atomic E-state index is 12.2. The molecule has 0 spiro atoms. The van der Waals surface area contributed by atoms with Crippen LogP contribution in [0.3, 0.4) is 0 Å². The van der Waals surface area contributed by atoms with Gasteiger partial charge in [0, 0.05) is 13.5 Å². The van der Waals surface area contributed by atoms with E-state index in [9.17, 15) is 9.90 Å². The minimum atomic E-state index is -0.259. The number of carbonyl (C=O) groups excluding carboxylic acids is 1. The van der Waals surface area contributed by atoms with Crippen molar-refractivity contribution in [1.82, 2.24) is 20.4 Å². The van der Waals surface area contributed by atoms with Crippen LogP contribution in [0.1, 0.15) is 43.9 Å². The van der Waals surface area contributed by atoms with E-state index in [2.05, 4.69) is 15.5 Å². The van der Waals surface area contributed by atoms with Crippen molar-refractivity contribution in [1.29, 1.82) is 0 Å². The lowest BCUT2D eigenvalue weighted by Crippen LogP contribution is -2.45. The molecule has 2 unspecified atom stereocenters. The van der Waals surface area contributed by atoms with Crippen LogP contribution >= 0.6 is 0 Å². The molecule has 2 heterocycles. The zero-order valence-electron chi connectivity index (χ0n) is 11.3. The molecule has 106 valence electrons. The zero-order chi connectivity index (χ0) is 13.8. The van der Waals surface area contributed by atoms with Crippen LogP contribution in [0.15, 0.2) is 4.52 Å². The molecule has 2 amide bonds. The van der Waals surface area contributed by atoms with Gasteiger partial charge in [-0.2, -0.15) is 4.98 Å². The standard InChI is InChI=1S/C12H20N4O3/c1-3-10(11-13-8(2)19-15-11)14-12(18)16-6-4-5-9(16)7-17/h9-10,17H,3-7H2,1-2H3,(H,14,18). The summed E-state index contributed by atoms with van der Waals surface area (Å²) < 4.78 is 4.93. The number of aryl methyl sites for hydroxylation is 1. The number of likely N-dealkylation sites (tertiary alicyclic amines) is 1. The van der Waals surface area contributed by atoms with Gasteiger partial charge in [0.1, 0.15) is 0 Å². The fourth-order valence-electron chi connectivity index (χ4n) is 2.33. The van der Waals surface area contributed by atoms with Crippen LogP contribution in [0.4, 0.5) is 4.79 Å². The number of carbonyl (C=O) groups is 1. The second-order valence-corrected chi connectivity index (χ2v) is 4.75. The summed E-state index contributed by atoms with van der Waals surface area (Å²) in [4.78, 5) is 18.0. The van der Waals surface area contributed by atoms with Crippen molar-refractivity contribution in [3.63, 3.8) is 0 Å². The molecule has 1 aliphatic rings. The van der Waals surface area contributed by atoms with Gasteiger partial charge in [0.15, 0.2) is 5.82 Å². The number of hydrogen-bond acceptors (Lipinski definition) is 5. The van der Waals surface area contributed by atoms with Gasteiger partial charge < -0.3 is 19.8 Å². The summed E-state index contributed by atoms with van der Waals surface area (Å²) in [5.74, 6) is 0.977. The number of nitrogens with zero attached hydrogens (tertiary/aromatic N) is 3. The Labute approximate surface area is 112 Å². The maximum Gasteiger partial charge on any atom is 0.318 e. The molecule has 1 fully saturated rings. The van der Waals surface area contributed by atoms with Crippen LogP contribution in [-0.4, -0.2) is 45.4 Å². The van der Waals surface area contributed by atoms with Crippen LogP contribution in [0, 0.1) is 6.92 Å². The van der Waals surface area contributed by atoms with Gasteiger partial charge in [-0.15, -0.1) is 0 Å². The van der Waals surface area contributed by atoms with Crippen molar-refractivity contribution in [2.24, 2.45) is 0 Å². The second-order valence-electron chi connectivity index (χ2n) is 4.75. The van der Waals surface area contributed by atoms with Crippen molar-refractivity contribution >= 4 is 6.03 Å². The van der Waals surface area contributed by atoms with Crippen molar-refractivity contribution in [3.8, 4) is 0 Å². The zero-order valence-corrected chi connectivity index (χ0v) is 11.3. The highest BCUT2D eigenvalue weighted by Gasteiger charge is 2.30. The number of rotatable bonds is 4. The first-order valence-corrected chi connectivity index (χ1v) is 6.64. The Bertz CT molecular complexity index is 434. The molecule has 19 heavy (non-hydrogen) atoms. The largest absolute Gasteiger partial charge is 0.394 e. The minimum Gasteiger partial charge on any atom is -0.394 e. The molecule has 0 bridgehead atoms. The van der Waals surface area contributed by atoms with Crippen molar-refractivity contribution in [2.45, 2.75) is 45.2 Å². The van der Waals surface area contributed by atoms with Gasteiger partial charge in [-0.3, -0.25) is 0 Å². The van der Waals surface area contributed by atoms with E-state index < -0.39 is 0 Å². The van der Waals surface area contributed by atoms with Gasteiger partial charge in [0.05, 0.1) is 18.7 Å². The summed E-state index contributed by atoms with van der Waals surface area (Å²) in [5, 5.41) is 16.0. The Morgan fingerprint density at radius 2 is 2.47 bits per heavy atom. The van der Waals surface area contributed by atoms with E-state index in [-0.39, 0.29) is 24.7 Å². The average Bonchev–Trinajstić information content (AvgIpc) is 3.03. The summed E-state index contributed by atoms with van der Waals surface area (Å²) in [6.07, 6.45) is 2.46. The van der Waals surface area contributed by atoms with Gasteiger partial charge in [0.2, 0.25) is 5.89 Å². The number of urea groups is 1. The van der Waals surface area contributed by atoms with Gasteiger partial charge in [-0.05, 0) is 19.3 Å². The lowest BCUT2D eigenvalue weighted by atomic mass is 10.2. The van der Waals surface area contributed by atoms with E-state index in [4.69, 9.17) is 4.52 Å².